The van der Waals surface area contributed by atoms with Crippen molar-refractivity contribution in [1.29, 1.82) is 0 Å². The first-order valence-corrected chi connectivity index (χ1v) is 11.5. The van der Waals surface area contributed by atoms with E-state index in [-0.39, 0.29) is 23.5 Å². The number of ether oxygens (including phenoxy) is 1. The maximum absolute atomic E-state index is 12.9. The lowest BCUT2D eigenvalue weighted by Crippen LogP contribution is -2.17. The van der Waals surface area contributed by atoms with Crippen molar-refractivity contribution in [3.05, 3.63) is 40.2 Å². The van der Waals surface area contributed by atoms with Crippen molar-refractivity contribution < 1.29 is 17.9 Å². The predicted molar refractivity (Wildman–Crippen MR) is 107 cm³/mol. The summed E-state index contributed by atoms with van der Waals surface area (Å²) in [5, 5.41) is 7.83. The first-order valence-electron chi connectivity index (χ1n) is 9.33. The van der Waals surface area contributed by atoms with E-state index in [0.29, 0.717) is 28.6 Å². The highest BCUT2D eigenvalue weighted by Gasteiger charge is 2.34. The van der Waals surface area contributed by atoms with Crippen molar-refractivity contribution in [2.75, 3.05) is 23.9 Å². The first-order chi connectivity index (χ1) is 13.4. The van der Waals surface area contributed by atoms with Crippen LogP contribution in [0.1, 0.15) is 47.1 Å². The van der Waals surface area contributed by atoms with Crippen molar-refractivity contribution in [2.45, 2.75) is 38.1 Å². The largest absolute Gasteiger partial charge is 0.495 e. The molecule has 0 bridgehead atoms. The molecule has 0 spiro atoms. The predicted octanol–water partition coefficient (Wildman–Crippen LogP) is 3.04. The molecular formula is C19H22ClN3O4S. The number of rotatable bonds is 4. The number of carbonyl (C=O) groups is 1. The van der Waals surface area contributed by atoms with E-state index in [0.717, 1.165) is 36.9 Å². The number of nitrogens with one attached hydrogen (secondary N) is 1. The normalized spacial score (nSPS) is 20.6. The van der Waals surface area contributed by atoms with E-state index in [9.17, 15) is 13.2 Å². The summed E-state index contributed by atoms with van der Waals surface area (Å²) in [6.07, 6.45) is 4.16. The fourth-order valence-electron chi connectivity index (χ4n) is 4.01. The van der Waals surface area contributed by atoms with Crippen molar-refractivity contribution in [2.24, 2.45) is 0 Å². The quantitative estimate of drug-likeness (QED) is 0.816. The van der Waals surface area contributed by atoms with E-state index in [1.54, 1.807) is 22.9 Å². The van der Waals surface area contributed by atoms with E-state index in [1.807, 2.05) is 0 Å². The van der Waals surface area contributed by atoms with Gasteiger partial charge in [-0.15, -0.1) is 0 Å². The highest BCUT2D eigenvalue weighted by Crippen LogP contribution is 2.32. The van der Waals surface area contributed by atoms with Gasteiger partial charge in [0, 0.05) is 16.9 Å². The highest BCUT2D eigenvalue weighted by molar-refractivity contribution is 7.91. The van der Waals surface area contributed by atoms with Gasteiger partial charge in [0.2, 0.25) is 0 Å². The van der Waals surface area contributed by atoms with Gasteiger partial charge in [-0.3, -0.25) is 9.48 Å². The standard InChI is InChI=1S/C19H22ClN3O4S/c1-27-17-7-6-12(10-15(17)20)21-19(24)18-14-4-2-3-5-16(14)23(22-18)13-8-9-28(25,26)11-13/h6-7,10,13H,2-5,8-9,11H2,1H3,(H,21,24)/t13-/m0/s1. The van der Waals surface area contributed by atoms with E-state index in [4.69, 9.17) is 16.3 Å². The fraction of sp³-hybridized carbons (Fsp3) is 0.474. The molecule has 0 unspecified atom stereocenters. The van der Waals surface area contributed by atoms with Crippen molar-refractivity contribution in [1.82, 2.24) is 9.78 Å². The molecule has 2 aromatic rings. The Balaban J connectivity index is 1.64. The molecule has 1 aromatic heterocycles. The second kappa shape index (κ2) is 7.40. The zero-order valence-corrected chi connectivity index (χ0v) is 17.1. The Hall–Kier alpha value is -2.06. The van der Waals surface area contributed by atoms with Gasteiger partial charge in [0.05, 0.1) is 29.7 Å². The number of fused-ring (bicyclic) bond motifs is 1. The van der Waals surface area contributed by atoms with Gasteiger partial charge < -0.3 is 10.1 Å². The number of halogens is 1. The smallest absolute Gasteiger partial charge is 0.276 e. The second-order valence-electron chi connectivity index (χ2n) is 7.29. The van der Waals surface area contributed by atoms with E-state index >= 15 is 0 Å². The van der Waals surface area contributed by atoms with Crippen LogP contribution in [-0.4, -0.2) is 42.7 Å². The Morgan fingerprint density at radius 3 is 2.79 bits per heavy atom. The third-order valence-electron chi connectivity index (χ3n) is 5.39. The van der Waals surface area contributed by atoms with Crippen LogP contribution in [-0.2, 0) is 22.7 Å². The second-order valence-corrected chi connectivity index (χ2v) is 9.92. The zero-order valence-electron chi connectivity index (χ0n) is 15.6. The molecule has 7 nitrogen and oxygen atoms in total. The minimum Gasteiger partial charge on any atom is -0.495 e. The van der Waals surface area contributed by atoms with Gasteiger partial charge in [-0.25, -0.2) is 8.42 Å². The molecule has 2 aliphatic rings. The van der Waals surface area contributed by atoms with E-state index in [2.05, 4.69) is 10.4 Å². The molecule has 1 aliphatic carbocycles. The molecule has 9 heteroatoms. The van der Waals surface area contributed by atoms with E-state index < -0.39 is 9.84 Å². The summed E-state index contributed by atoms with van der Waals surface area (Å²) in [5.74, 6) is 0.497. The summed E-state index contributed by atoms with van der Waals surface area (Å²) < 4.78 is 30.7. The summed E-state index contributed by atoms with van der Waals surface area (Å²) in [6.45, 7) is 0. The lowest BCUT2D eigenvalue weighted by molar-refractivity contribution is 0.102. The lowest BCUT2D eigenvalue weighted by Gasteiger charge is -2.17. The Morgan fingerprint density at radius 2 is 2.11 bits per heavy atom. The number of methoxy groups -OCH3 is 1. The average molecular weight is 424 g/mol. The van der Waals surface area contributed by atoms with Gasteiger partial charge in [0.15, 0.2) is 15.5 Å². The van der Waals surface area contributed by atoms with Crippen LogP contribution in [0.3, 0.4) is 0 Å². The summed E-state index contributed by atoms with van der Waals surface area (Å²) in [5.41, 5.74) is 2.88. The molecule has 0 saturated carbocycles. The third-order valence-corrected chi connectivity index (χ3v) is 7.43. The number of sulfone groups is 1. The number of aromatic nitrogens is 2. The molecule has 150 valence electrons. The maximum atomic E-state index is 12.9. The minimum atomic E-state index is -3.03. The Kier molecular flexibility index (Phi) is 5.09. The molecule has 1 saturated heterocycles. The molecule has 1 aromatic carbocycles. The molecule has 28 heavy (non-hydrogen) atoms. The Labute approximate surface area is 168 Å². The van der Waals surface area contributed by atoms with Gasteiger partial charge in [0.1, 0.15) is 5.75 Å². The zero-order chi connectivity index (χ0) is 19.9. The number of amides is 1. The van der Waals surface area contributed by atoms with Gasteiger partial charge in [-0.1, -0.05) is 11.6 Å². The summed E-state index contributed by atoms with van der Waals surface area (Å²) in [4.78, 5) is 12.9. The van der Waals surface area contributed by atoms with Crippen LogP contribution >= 0.6 is 11.6 Å². The number of nitrogens with zero attached hydrogens (tertiary/aromatic N) is 2. The van der Waals surface area contributed by atoms with Crippen molar-refractivity contribution in [3.63, 3.8) is 0 Å². The minimum absolute atomic E-state index is 0.0935. The number of anilines is 1. The van der Waals surface area contributed by atoms with Crippen LogP contribution in [0.5, 0.6) is 5.75 Å². The molecular weight excluding hydrogens is 402 g/mol. The summed E-state index contributed by atoms with van der Waals surface area (Å²) in [6, 6.07) is 4.85. The molecule has 1 atom stereocenters. The molecule has 4 rings (SSSR count). The highest BCUT2D eigenvalue weighted by atomic mass is 35.5. The average Bonchev–Trinajstić information content (AvgIpc) is 3.22. The van der Waals surface area contributed by atoms with Crippen LogP contribution in [0, 0.1) is 0 Å². The Morgan fingerprint density at radius 1 is 1.32 bits per heavy atom. The molecule has 1 aliphatic heterocycles. The Bertz CT molecular complexity index is 1030. The lowest BCUT2D eigenvalue weighted by atomic mass is 9.95. The number of hydrogen-bond donors (Lipinski definition) is 1. The number of carbonyl (C=O) groups excluding carboxylic acids is 1. The third kappa shape index (κ3) is 3.63. The van der Waals surface area contributed by atoms with Crippen LogP contribution in [0.25, 0.3) is 0 Å². The number of benzene rings is 1. The van der Waals surface area contributed by atoms with E-state index in [1.165, 1.54) is 7.11 Å². The molecule has 1 fully saturated rings. The summed E-state index contributed by atoms with van der Waals surface area (Å²) >= 11 is 6.14. The van der Waals surface area contributed by atoms with Gasteiger partial charge in [-0.2, -0.15) is 5.10 Å². The van der Waals surface area contributed by atoms with Crippen LogP contribution in [0.15, 0.2) is 18.2 Å². The van der Waals surface area contributed by atoms with Crippen LogP contribution in [0.4, 0.5) is 5.69 Å². The molecule has 1 N–H and O–H groups in total. The van der Waals surface area contributed by atoms with Gasteiger partial charge in [0.25, 0.3) is 5.91 Å². The molecule has 1 amide bonds. The van der Waals surface area contributed by atoms with Gasteiger partial charge in [-0.05, 0) is 50.3 Å². The SMILES string of the molecule is COc1ccc(NC(=O)c2nn([C@H]3CCS(=O)(=O)C3)c3c2CCCC3)cc1Cl. The maximum Gasteiger partial charge on any atom is 0.276 e. The fourth-order valence-corrected chi connectivity index (χ4v) is 5.96. The topological polar surface area (TPSA) is 90.3 Å². The summed E-state index contributed by atoms with van der Waals surface area (Å²) in [7, 11) is -1.50. The number of hydrogen-bond acceptors (Lipinski definition) is 5. The van der Waals surface area contributed by atoms with Crippen LogP contribution in [0.2, 0.25) is 5.02 Å². The molecule has 2 heterocycles. The van der Waals surface area contributed by atoms with Crippen molar-refractivity contribution >= 4 is 33.0 Å². The molecule has 0 radical (unpaired) electrons. The van der Waals surface area contributed by atoms with Gasteiger partial charge >= 0.3 is 0 Å². The van der Waals surface area contributed by atoms with Crippen molar-refractivity contribution in [3.8, 4) is 5.75 Å². The van der Waals surface area contributed by atoms with Crippen LogP contribution < -0.4 is 10.1 Å². The monoisotopic (exact) mass is 423 g/mol. The first kappa shape index (κ1) is 19.3.